The zero-order chi connectivity index (χ0) is 18.7. The summed E-state index contributed by atoms with van der Waals surface area (Å²) in [4.78, 5) is 34.7. The predicted molar refractivity (Wildman–Crippen MR) is 89.5 cm³/mol. The fourth-order valence-electron chi connectivity index (χ4n) is 1.98. The normalized spacial score (nSPS) is 12.6. The van der Waals surface area contributed by atoms with Crippen LogP contribution in [0, 0.1) is 0 Å². The van der Waals surface area contributed by atoms with Crippen LogP contribution in [0.3, 0.4) is 0 Å². The van der Waals surface area contributed by atoms with E-state index in [0.717, 1.165) is 5.56 Å². The molecule has 0 unspecified atom stereocenters. The minimum Gasteiger partial charge on any atom is -0.467 e. The summed E-state index contributed by atoms with van der Waals surface area (Å²) >= 11 is 0. The number of alkyl carbamates (subject to hydrolysis) is 1. The van der Waals surface area contributed by atoms with Crippen LogP contribution in [0.15, 0.2) is 30.3 Å². The Morgan fingerprint density at radius 2 is 1.88 bits per heavy atom. The number of aliphatic hydroxyl groups is 1. The van der Waals surface area contributed by atoms with E-state index in [1.807, 2.05) is 30.3 Å². The van der Waals surface area contributed by atoms with Crippen molar-refractivity contribution in [2.75, 3.05) is 13.7 Å². The second-order valence-corrected chi connectivity index (χ2v) is 5.35. The number of hydrogen-bond acceptors (Lipinski definition) is 6. The molecule has 8 nitrogen and oxygen atoms in total. The lowest BCUT2D eigenvalue weighted by Crippen LogP contribution is -2.43. The van der Waals surface area contributed by atoms with Crippen molar-refractivity contribution in [3.63, 3.8) is 0 Å². The highest BCUT2D eigenvalue weighted by Crippen LogP contribution is 2.01. The summed E-state index contributed by atoms with van der Waals surface area (Å²) in [5, 5.41) is 14.6. The summed E-state index contributed by atoms with van der Waals surface area (Å²) in [5.41, 5.74) is 0.839. The van der Waals surface area contributed by atoms with E-state index in [2.05, 4.69) is 15.4 Å². The lowest BCUT2D eigenvalue weighted by molar-refractivity contribution is -0.145. The molecule has 0 aliphatic carbocycles. The first-order valence-electron chi connectivity index (χ1n) is 7.96. The van der Waals surface area contributed by atoms with Gasteiger partial charge in [0.25, 0.3) is 0 Å². The fourth-order valence-corrected chi connectivity index (χ4v) is 1.98. The number of esters is 1. The number of hydrogen-bond donors (Lipinski definition) is 3. The SMILES string of the molecule is CC[C@@H](NC(=O)C[C@@H](O)CNC(=O)OCc1ccccc1)C(=O)OC. The Morgan fingerprint density at radius 1 is 1.20 bits per heavy atom. The summed E-state index contributed by atoms with van der Waals surface area (Å²) in [7, 11) is 1.23. The monoisotopic (exact) mass is 352 g/mol. The second kappa shape index (κ2) is 11.0. The van der Waals surface area contributed by atoms with Crippen LogP contribution in [0.25, 0.3) is 0 Å². The summed E-state index contributed by atoms with van der Waals surface area (Å²) in [6.45, 7) is 1.69. The quantitative estimate of drug-likeness (QED) is 0.565. The van der Waals surface area contributed by atoms with E-state index >= 15 is 0 Å². The van der Waals surface area contributed by atoms with Gasteiger partial charge < -0.3 is 25.2 Å². The van der Waals surface area contributed by atoms with Crippen LogP contribution >= 0.6 is 0 Å². The number of rotatable bonds is 9. The number of aliphatic hydroxyl groups excluding tert-OH is 1. The standard InChI is InChI=1S/C17H24N2O6/c1-3-14(16(22)24-2)19-15(21)9-13(20)10-18-17(23)25-11-12-7-5-4-6-8-12/h4-8,13-14,20H,3,9-11H2,1-2H3,(H,18,23)(H,19,21)/t13-,14-/m1/s1. The zero-order valence-electron chi connectivity index (χ0n) is 14.4. The molecule has 0 saturated carbocycles. The number of methoxy groups -OCH3 is 1. The number of benzene rings is 1. The van der Waals surface area contributed by atoms with Crippen LogP contribution in [0.2, 0.25) is 0 Å². The highest BCUT2D eigenvalue weighted by atomic mass is 16.5. The van der Waals surface area contributed by atoms with Gasteiger partial charge in [0.2, 0.25) is 5.91 Å². The number of nitrogens with one attached hydrogen (secondary N) is 2. The van der Waals surface area contributed by atoms with Gasteiger partial charge in [-0.3, -0.25) is 4.79 Å². The van der Waals surface area contributed by atoms with Gasteiger partial charge >= 0.3 is 12.1 Å². The predicted octanol–water partition coefficient (Wildman–Crippen LogP) is 0.732. The van der Waals surface area contributed by atoms with Crippen molar-refractivity contribution in [2.24, 2.45) is 0 Å². The van der Waals surface area contributed by atoms with Gasteiger partial charge in [-0.2, -0.15) is 0 Å². The number of amides is 2. The van der Waals surface area contributed by atoms with E-state index in [-0.39, 0.29) is 19.6 Å². The van der Waals surface area contributed by atoms with Gasteiger partial charge in [0.05, 0.1) is 19.6 Å². The molecule has 0 aliphatic heterocycles. The third kappa shape index (κ3) is 8.16. The Morgan fingerprint density at radius 3 is 2.48 bits per heavy atom. The highest BCUT2D eigenvalue weighted by Gasteiger charge is 2.21. The smallest absolute Gasteiger partial charge is 0.407 e. The molecule has 2 amide bonds. The molecular formula is C17H24N2O6. The molecule has 1 rings (SSSR count). The van der Waals surface area contributed by atoms with Gasteiger partial charge in [-0.05, 0) is 12.0 Å². The largest absolute Gasteiger partial charge is 0.467 e. The zero-order valence-corrected chi connectivity index (χ0v) is 14.4. The molecule has 0 aromatic heterocycles. The minimum absolute atomic E-state index is 0.112. The van der Waals surface area contributed by atoms with Crippen LogP contribution in [0.4, 0.5) is 4.79 Å². The molecule has 0 saturated heterocycles. The van der Waals surface area contributed by atoms with Gasteiger partial charge in [0.1, 0.15) is 12.6 Å². The molecule has 25 heavy (non-hydrogen) atoms. The maximum atomic E-state index is 11.8. The van der Waals surface area contributed by atoms with Crippen molar-refractivity contribution < 1.29 is 29.0 Å². The molecule has 1 aromatic rings. The van der Waals surface area contributed by atoms with Crippen molar-refractivity contribution in [1.29, 1.82) is 0 Å². The molecular weight excluding hydrogens is 328 g/mol. The molecule has 1 aromatic carbocycles. The lowest BCUT2D eigenvalue weighted by Gasteiger charge is -2.16. The third-order valence-electron chi connectivity index (χ3n) is 3.34. The maximum absolute atomic E-state index is 11.8. The van der Waals surface area contributed by atoms with E-state index < -0.39 is 30.1 Å². The van der Waals surface area contributed by atoms with Crippen molar-refractivity contribution in [1.82, 2.24) is 10.6 Å². The van der Waals surface area contributed by atoms with Crippen LogP contribution in [-0.4, -0.2) is 48.9 Å². The average Bonchev–Trinajstić information content (AvgIpc) is 2.62. The third-order valence-corrected chi connectivity index (χ3v) is 3.34. The Hall–Kier alpha value is -2.61. The first-order valence-corrected chi connectivity index (χ1v) is 7.96. The van der Waals surface area contributed by atoms with E-state index in [0.29, 0.717) is 6.42 Å². The first kappa shape index (κ1) is 20.4. The van der Waals surface area contributed by atoms with Crippen LogP contribution in [0.1, 0.15) is 25.3 Å². The second-order valence-electron chi connectivity index (χ2n) is 5.35. The lowest BCUT2D eigenvalue weighted by atomic mass is 10.2. The maximum Gasteiger partial charge on any atom is 0.407 e. The molecule has 8 heteroatoms. The highest BCUT2D eigenvalue weighted by molar-refractivity contribution is 5.84. The van der Waals surface area contributed by atoms with E-state index in [1.165, 1.54) is 7.11 Å². The van der Waals surface area contributed by atoms with E-state index in [9.17, 15) is 19.5 Å². The summed E-state index contributed by atoms with van der Waals surface area (Å²) < 4.78 is 9.55. The Kier molecular flexibility index (Phi) is 9.02. The molecule has 0 spiro atoms. The molecule has 138 valence electrons. The molecule has 0 heterocycles. The van der Waals surface area contributed by atoms with Crippen molar-refractivity contribution in [3.05, 3.63) is 35.9 Å². The van der Waals surface area contributed by atoms with Gasteiger partial charge in [-0.15, -0.1) is 0 Å². The Labute approximate surface area is 146 Å². The Balaban J connectivity index is 2.26. The molecule has 0 radical (unpaired) electrons. The summed E-state index contributed by atoms with van der Waals surface area (Å²) in [5.74, 6) is -1.06. The minimum atomic E-state index is -1.10. The van der Waals surface area contributed by atoms with Crippen LogP contribution in [0.5, 0.6) is 0 Å². The molecule has 3 N–H and O–H groups in total. The summed E-state index contributed by atoms with van der Waals surface area (Å²) in [6, 6.07) is 8.39. The number of carbonyl (C=O) groups is 3. The molecule has 2 atom stereocenters. The topological polar surface area (TPSA) is 114 Å². The Bertz CT molecular complexity index is 564. The van der Waals surface area contributed by atoms with Crippen LogP contribution < -0.4 is 10.6 Å². The molecule has 0 fully saturated rings. The first-order chi connectivity index (χ1) is 12.0. The number of ether oxygens (including phenoxy) is 2. The van der Waals surface area contributed by atoms with Gasteiger partial charge in [-0.25, -0.2) is 9.59 Å². The van der Waals surface area contributed by atoms with Gasteiger partial charge in [0, 0.05) is 6.54 Å². The fraction of sp³-hybridized carbons (Fsp3) is 0.471. The van der Waals surface area contributed by atoms with E-state index in [1.54, 1.807) is 6.92 Å². The molecule has 0 aliphatic rings. The average molecular weight is 352 g/mol. The van der Waals surface area contributed by atoms with Crippen molar-refractivity contribution in [2.45, 2.75) is 38.5 Å². The van der Waals surface area contributed by atoms with Crippen molar-refractivity contribution >= 4 is 18.0 Å². The van der Waals surface area contributed by atoms with Crippen LogP contribution in [-0.2, 0) is 25.7 Å². The number of carbonyl (C=O) groups excluding carboxylic acids is 3. The van der Waals surface area contributed by atoms with Crippen molar-refractivity contribution in [3.8, 4) is 0 Å². The van der Waals surface area contributed by atoms with E-state index in [4.69, 9.17) is 4.74 Å². The van der Waals surface area contributed by atoms with Gasteiger partial charge in [0.15, 0.2) is 0 Å². The molecule has 0 bridgehead atoms. The van der Waals surface area contributed by atoms with Gasteiger partial charge in [-0.1, -0.05) is 37.3 Å². The summed E-state index contributed by atoms with van der Waals surface area (Å²) in [6.07, 6.45) is -1.67.